The Kier molecular flexibility index (Phi) is 4.10. The Labute approximate surface area is 152 Å². The molecular formula is C20H12N2O5. The summed E-state index contributed by atoms with van der Waals surface area (Å²) in [4.78, 5) is 31.9. The lowest BCUT2D eigenvalue weighted by Crippen LogP contribution is -2.09. The standard InChI is InChI=1S/C20H12N2O5/c23-14-5-8-17-16(10-14)18(24)22-19(27-17)12-3-6-15(7-4-12)26-20(25)13-2-1-9-21-11-13/h1-11,23H. The summed E-state index contributed by atoms with van der Waals surface area (Å²) in [5, 5.41) is 9.67. The number of carbonyl (C=O) groups is 1. The second-order valence-electron chi connectivity index (χ2n) is 5.66. The topological polar surface area (TPSA) is 103 Å². The number of aromatic nitrogens is 2. The summed E-state index contributed by atoms with van der Waals surface area (Å²) < 4.78 is 10.9. The average molecular weight is 360 g/mol. The van der Waals surface area contributed by atoms with Crippen molar-refractivity contribution in [2.24, 2.45) is 0 Å². The molecule has 2 aromatic carbocycles. The molecule has 0 saturated heterocycles. The minimum absolute atomic E-state index is 0.0378. The number of hydrogen-bond donors (Lipinski definition) is 1. The van der Waals surface area contributed by atoms with Gasteiger partial charge in [0, 0.05) is 18.0 Å². The smallest absolute Gasteiger partial charge is 0.345 e. The first-order chi connectivity index (χ1) is 13.1. The molecule has 132 valence electrons. The number of fused-ring (bicyclic) bond motifs is 1. The van der Waals surface area contributed by atoms with Crippen molar-refractivity contribution in [1.82, 2.24) is 9.97 Å². The summed E-state index contributed by atoms with van der Waals surface area (Å²) in [6, 6.07) is 13.9. The molecule has 0 atom stereocenters. The van der Waals surface area contributed by atoms with Crippen LogP contribution in [-0.4, -0.2) is 21.0 Å². The SMILES string of the molecule is O=C(Oc1ccc(-c2nc(=O)c3cc(O)ccc3o2)cc1)c1cccnc1. The van der Waals surface area contributed by atoms with Gasteiger partial charge in [0.15, 0.2) is 0 Å². The Bertz CT molecular complexity index is 1180. The molecule has 0 unspecified atom stereocenters. The van der Waals surface area contributed by atoms with E-state index in [9.17, 15) is 14.7 Å². The zero-order valence-electron chi connectivity index (χ0n) is 13.8. The van der Waals surface area contributed by atoms with Gasteiger partial charge in [-0.25, -0.2) is 4.79 Å². The van der Waals surface area contributed by atoms with E-state index in [0.717, 1.165) is 0 Å². The molecule has 0 radical (unpaired) electrons. The molecule has 7 nitrogen and oxygen atoms in total. The monoisotopic (exact) mass is 360 g/mol. The lowest BCUT2D eigenvalue weighted by Gasteiger charge is -2.06. The molecule has 1 N–H and O–H groups in total. The van der Waals surface area contributed by atoms with Crippen LogP contribution >= 0.6 is 0 Å². The number of rotatable bonds is 3. The first-order valence-corrected chi connectivity index (χ1v) is 7.97. The zero-order valence-corrected chi connectivity index (χ0v) is 13.8. The van der Waals surface area contributed by atoms with E-state index < -0.39 is 11.5 Å². The summed E-state index contributed by atoms with van der Waals surface area (Å²) >= 11 is 0. The highest BCUT2D eigenvalue weighted by molar-refractivity contribution is 5.90. The average Bonchev–Trinajstić information content (AvgIpc) is 2.69. The highest BCUT2D eigenvalue weighted by atomic mass is 16.5. The molecule has 4 aromatic rings. The van der Waals surface area contributed by atoms with Gasteiger partial charge in [-0.2, -0.15) is 4.98 Å². The van der Waals surface area contributed by atoms with E-state index in [-0.39, 0.29) is 17.0 Å². The maximum atomic E-state index is 12.1. The Morgan fingerprint density at radius 3 is 2.63 bits per heavy atom. The Morgan fingerprint density at radius 1 is 1.07 bits per heavy atom. The van der Waals surface area contributed by atoms with Gasteiger partial charge in [0.2, 0.25) is 5.89 Å². The lowest BCUT2D eigenvalue weighted by atomic mass is 10.2. The van der Waals surface area contributed by atoms with Crippen LogP contribution in [0.5, 0.6) is 11.5 Å². The van der Waals surface area contributed by atoms with Crippen LogP contribution in [0.2, 0.25) is 0 Å². The number of ether oxygens (including phenoxy) is 1. The van der Waals surface area contributed by atoms with Gasteiger partial charge in [-0.3, -0.25) is 9.78 Å². The highest BCUT2D eigenvalue weighted by Crippen LogP contribution is 2.24. The molecule has 0 spiro atoms. The van der Waals surface area contributed by atoms with Crippen molar-refractivity contribution in [3.8, 4) is 23.0 Å². The van der Waals surface area contributed by atoms with Crippen LogP contribution in [0, 0.1) is 0 Å². The van der Waals surface area contributed by atoms with Crippen LogP contribution in [0.15, 0.2) is 76.2 Å². The van der Waals surface area contributed by atoms with E-state index in [4.69, 9.17) is 9.15 Å². The predicted octanol–water partition coefficient (Wildman–Crippen LogP) is 3.17. The number of hydrogen-bond acceptors (Lipinski definition) is 7. The van der Waals surface area contributed by atoms with Crippen molar-refractivity contribution in [2.75, 3.05) is 0 Å². The van der Waals surface area contributed by atoms with Crippen molar-refractivity contribution in [1.29, 1.82) is 0 Å². The van der Waals surface area contributed by atoms with Gasteiger partial charge in [0.05, 0.1) is 10.9 Å². The molecule has 0 aliphatic heterocycles. The molecule has 0 aliphatic rings. The largest absolute Gasteiger partial charge is 0.508 e. The summed E-state index contributed by atoms with van der Waals surface area (Å²) in [5.41, 5.74) is 0.694. The van der Waals surface area contributed by atoms with E-state index in [1.165, 1.54) is 24.4 Å². The number of pyridine rings is 1. The summed E-state index contributed by atoms with van der Waals surface area (Å²) in [7, 11) is 0. The molecule has 0 bridgehead atoms. The van der Waals surface area contributed by atoms with Gasteiger partial charge < -0.3 is 14.3 Å². The molecule has 2 aromatic heterocycles. The van der Waals surface area contributed by atoms with Crippen molar-refractivity contribution in [3.05, 3.63) is 82.9 Å². The first-order valence-electron chi connectivity index (χ1n) is 7.97. The minimum Gasteiger partial charge on any atom is -0.508 e. The number of phenols is 1. The normalized spacial score (nSPS) is 10.7. The fraction of sp³-hybridized carbons (Fsp3) is 0. The van der Waals surface area contributed by atoms with Crippen LogP contribution in [-0.2, 0) is 0 Å². The number of carbonyl (C=O) groups excluding carboxylic acids is 1. The van der Waals surface area contributed by atoms with Gasteiger partial charge in [0.25, 0.3) is 5.56 Å². The van der Waals surface area contributed by atoms with Crippen LogP contribution < -0.4 is 10.3 Å². The Hall–Kier alpha value is -4.00. The van der Waals surface area contributed by atoms with Crippen molar-refractivity contribution < 1.29 is 19.1 Å². The second-order valence-corrected chi connectivity index (χ2v) is 5.66. The number of aromatic hydroxyl groups is 1. The summed E-state index contributed by atoms with van der Waals surface area (Å²) in [6.07, 6.45) is 2.99. The van der Waals surface area contributed by atoms with Crippen LogP contribution in [0.1, 0.15) is 10.4 Å². The van der Waals surface area contributed by atoms with E-state index >= 15 is 0 Å². The summed E-state index contributed by atoms with van der Waals surface area (Å²) in [6.45, 7) is 0. The minimum atomic E-state index is -0.522. The van der Waals surface area contributed by atoms with Gasteiger partial charge in [-0.1, -0.05) is 0 Å². The van der Waals surface area contributed by atoms with Crippen molar-refractivity contribution >= 4 is 16.9 Å². The Morgan fingerprint density at radius 2 is 1.89 bits per heavy atom. The molecular weight excluding hydrogens is 348 g/mol. The molecule has 7 heteroatoms. The van der Waals surface area contributed by atoms with Crippen LogP contribution in [0.3, 0.4) is 0 Å². The molecule has 4 rings (SSSR count). The quantitative estimate of drug-likeness (QED) is 0.442. The van der Waals surface area contributed by atoms with E-state index in [0.29, 0.717) is 22.5 Å². The van der Waals surface area contributed by atoms with Gasteiger partial charge in [-0.15, -0.1) is 0 Å². The maximum Gasteiger partial charge on any atom is 0.345 e. The highest BCUT2D eigenvalue weighted by Gasteiger charge is 2.11. The predicted molar refractivity (Wildman–Crippen MR) is 96.6 cm³/mol. The van der Waals surface area contributed by atoms with Crippen molar-refractivity contribution in [2.45, 2.75) is 0 Å². The fourth-order valence-electron chi connectivity index (χ4n) is 2.49. The molecule has 0 aliphatic carbocycles. The lowest BCUT2D eigenvalue weighted by molar-refractivity contribution is 0.0734. The third-order valence-corrected chi connectivity index (χ3v) is 3.81. The maximum absolute atomic E-state index is 12.1. The van der Waals surface area contributed by atoms with E-state index in [2.05, 4.69) is 9.97 Å². The van der Waals surface area contributed by atoms with E-state index in [1.54, 1.807) is 42.6 Å². The van der Waals surface area contributed by atoms with Gasteiger partial charge in [-0.05, 0) is 54.6 Å². The second kappa shape index (κ2) is 6.72. The molecule has 0 amide bonds. The first kappa shape index (κ1) is 16.5. The fourth-order valence-corrected chi connectivity index (χ4v) is 2.49. The Balaban J connectivity index is 1.61. The van der Waals surface area contributed by atoms with Crippen LogP contribution in [0.25, 0.3) is 22.4 Å². The number of nitrogens with zero attached hydrogens (tertiary/aromatic N) is 2. The summed E-state index contributed by atoms with van der Waals surface area (Å²) in [5.74, 6) is -0.0980. The number of benzene rings is 2. The van der Waals surface area contributed by atoms with Crippen LogP contribution in [0.4, 0.5) is 0 Å². The number of phenolic OH excluding ortho intramolecular Hbond substituents is 1. The third-order valence-electron chi connectivity index (χ3n) is 3.81. The molecule has 2 heterocycles. The van der Waals surface area contributed by atoms with Gasteiger partial charge in [0.1, 0.15) is 17.1 Å². The molecule has 0 saturated carbocycles. The van der Waals surface area contributed by atoms with E-state index in [1.807, 2.05) is 0 Å². The zero-order chi connectivity index (χ0) is 18.8. The van der Waals surface area contributed by atoms with Crippen molar-refractivity contribution in [3.63, 3.8) is 0 Å². The molecule has 0 fully saturated rings. The third kappa shape index (κ3) is 3.38. The van der Waals surface area contributed by atoms with Gasteiger partial charge >= 0.3 is 5.97 Å². The number of esters is 1. The molecule has 27 heavy (non-hydrogen) atoms.